The summed E-state index contributed by atoms with van der Waals surface area (Å²) in [4.78, 5) is 4.03. The van der Waals surface area contributed by atoms with Gasteiger partial charge in [-0.1, -0.05) is 40.9 Å². The lowest BCUT2D eigenvalue weighted by Gasteiger charge is -2.08. The van der Waals surface area contributed by atoms with E-state index in [1.54, 1.807) is 25.4 Å². The average Bonchev–Trinajstić information content (AvgIpc) is 2.36. The van der Waals surface area contributed by atoms with Gasteiger partial charge >= 0.3 is 0 Å². The SMILES string of the molecule is COc1cc(-c2ccc(Cl)c(Cl)c2Cl)ccn1. The molecule has 0 atom stereocenters. The van der Waals surface area contributed by atoms with Crippen LogP contribution in [0.4, 0.5) is 0 Å². The topological polar surface area (TPSA) is 22.1 Å². The Labute approximate surface area is 114 Å². The van der Waals surface area contributed by atoms with Crippen LogP contribution in [0.15, 0.2) is 30.5 Å². The van der Waals surface area contributed by atoms with Gasteiger partial charge in [0, 0.05) is 17.8 Å². The average molecular weight is 289 g/mol. The molecular weight excluding hydrogens is 280 g/mol. The summed E-state index contributed by atoms with van der Waals surface area (Å²) in [5.41, 5.74) is 1.67. The fraction of sp³-hybridized carbons (Fsp3) is 0.0833. The molecule has 1 aromatic heterocycles. The first-order valence-electron chi connectivity index (χ1n) is 4.77. The van der Waals surface area contributed by atoms with E-state index in [4.69, 9.17) is 39.5 Å². The van der Waals surface area contributed by atoms with Crippen LogP contribution in [0.5, 0.6) is 5.88 Å². The van der Waals surface area contributed by atoms with Crippen LogP contribution in [0, 0.1) is 0 Å². The van der Waals surface area contributed by atoms with Gasteiger partial charge in [0.2, 0.25) is 5.88 Å². The first-order chi connectivity index (χ1) is 8.13. The molecule has 0 aliphatic heterocycles. The van der Waals surface area contributed by atoms with Crippen molar-refractivity contribution >= 4 is 34.8 Å². The zero-order valence-corrected chi connectivity index (χ0v) is 11.1. The van der Waals surface area contributed by atoms with Gasteiger partial charge in [-0.05, 0) is 17.7 Å². The van der Waals surface area contributed by atoms with E-state index in [-0.39, 0.29) is 0 Å². The molecule has 0 fully saturated rings. The molecule has 88 valence electrons. The molecule has 0 saturated heterocycles. The highest BCUT2D eigenvalue weighted by atomic mass is 35.5. The highest BCUT2D eigenvalue weighted by molar-refractivity contribution is 6.49. The van der Waals surface area contributed by atoms with Crippen molar-refractivity contribution in [2.24, 2.45) is 0 Å². The predicted molar refractivity (Wildman–Crippen MR) is 71.3 cm³/mol. The summed E-state index contributed by atoms with van der Waals surface area (Å²) in [6.45, 7) is 0. The van der Waals surface area contributed by atoms with Crippen molar-refractivity contribution in [2.75, 3.05) is 7.11 Å². The fourth-order valence-electron chi connectivity index (χ4n) is 1.44. The third-order valence-corrected chi connectivity index (χ3v) is 3.58. The van der Waals surface area contributed by atoms with Gasteiger partial charge in [0.25, 0.3) is 0 Å². The summed E-state index contributed by atoms with van der Waals surface area (Å²) in [6.07, 6.45) is 1.65. The van der Waals surface area contributed by atoms with Crippen LogP contribution < -0.4 is 4.74 Å². The number of hydrogen-bond donors (Lipinski definition) is 0. The Morgan fingerprint density at radius 3 is 2.53 bits per heavy atom. The molecule has 0 bridgehead atoms. The maximum atomic E-state index is 6.15. The van der Waals surface area contributed by atoms with E-state index in [0.29, 0.717) is 20.9 Å². The number of rotatable bonds is 2. The van der Waals surface area contributed by atoms with E-state index in [2.05, 4.69) is 4.98 Å². The molecule has 2 nitrogen and oxygen atoms in total. The number of pyridine rings is 1. The second-order valence-electron chi connectivity index (χ2n) is 3.31. The molecule has 17 heavy (non-hydrogen) atoms. The van der Waals surface area contributed by atoms with Gasteiger partial charge in [0.1, 0.15) is 0 Å². The summed E-state index contributed by atoms with van der Waals surface area (Å²) in [5.74, 6) is 0.518. The Kier molecular flexibility index (Phi) is 3.77. The maximum Gasteiger partial charge on any atom is 0.213 e. The zero-order chi connectivity index (χ0) is 12.4. The second-order valence-corrected chi connectivity index (χ2v) is 4.47. The van der Waals surface area contributed by atoms with Crippen LogP contribution in [-0.4, -0.2) is 12.1 Å². The molecule has 0 unspecified atom stereocenters. The molecule has 0 radical (unpaired) electrons. The van der Waals surface area contributed by atoms with Crippen LogP contribution in [0.25, 0.3) is 11.1 Å². The van der Waals surface area contributed by atoms with Crippen LogP contribution in [0.1, 0.15) is 0 Å². The summed E-state index contributed by atoms with van der Waals surface area (Å²) in [6, 6.07) is 7.13. The monoisotopic (exact) mass is 287 g/mol. The lowest BCUT2D eigenvalue weighted by atomic mass is 10.1. The third-order valence-electron chi connectivity index (χ3n) is 2.29. The molecule has 5 heteroatoms. The number of ether oxygens (including phenoxy) is 1. The molecular formula is C12H8Cl3NO. The van der Waals surface area contributed by atoms with Crippen molar-refractivity contribution < 1.29 is 4.74 Å². The van der Waals surface area contributed by atoms with Crippen LogP contribution >= 0.6 is 34.8 Å². The second kappa shape index (κ2) is 5.13. The van der Waals surface area contributed by atoms with Crippen molar-refractivity contribution in [1.29, 1.82) is 0 Å². The van der Waals surface area contributed by atoms with E-state index in [1.807, 2.05) is 12.1 Å². The van der Waals surface area contributed by atoms with Crippen LogP contribution in [0.3, 0.4) is 0 Å². The minimum absolute atomic E-state index is 0.349. The molecule has 0 aliphatic rings. The standard InChI is InChI=1S/C12H8Cl3NO/c1-17-10-6-7(4-5-16-10)8-2-3-9(13)12(15)11(8)14/h2-6H,1H3. The van der Waals surface area contributed by atoms with E-state index < -0.39 is 0 Å². The summed E-state index contributed by atoms with van der Waals surface area (Å²) >= 11 is 18.0. The van der Waals surface area contributed by atoms with Gasteiger partial charge in [-0.25, -0.2) is 4.98 Å². The molecule has 0 aliphatic carbocycles. The quantitative estimate of drug-likeness (QED) is 0.746. The normalized spacial score (nSPS) is 10.4. The smallest absolute Gasteiger partial charge is 0.213 e. The van der Waals surface area contributed by atoms with Gasteiger partial charge in [0.05, 0.1) is 22.2 Å². The minimum atomic E-state index is 0.349. The molecule has 2 aromatic rings. The van der Waals surface area contributed by atoms with Crippen molar-refractivity contribution in [1.82, 2.24) is 4.98 Å². The Bertz CT molecular complexity index is 557. The van der Waals surface area contributed by atoms with Crippen LogP contribution in [-0.2, 0) is 0 Å². The van der Waals surface area contributed by atoms with Crippen molar-refractivity contribution in [3.05, 3.63) is 45.5 Å². The highest BCUT2D eigenvalue weighted by Gasteiger charge is 2.11. The number of benzene rings is 1. The molecule has 2 rings (SSSR count). The summed E-state index contributed by atoms with van der Waals surface area (Å²) in [7, 11) is 1.56. The van der Waals surface area contributed by atoms with Gasteiger partial charge in [-0.15, -0.1) is 0 Å². The van der Waals surface area contributed by atoms with Gasteiger partial charge in [0.15, 0.2) is 0 Å². The Morgan fingerprint density at radius 2 is 1.82 bits per heavy atom. The largest absolute Gasteiger partial charge is 0.481 e. The lowest BCUT2D eigenvalue weighted by molar-refractivity contribution is 0.398. The number of halogens is 3. The third kappa shape index (κ3) is 2.49. The van der Waals surface area contributed by atoms with Crippen LogP contribution in [0.2, 0.25) is 15.1 Å². The van der Waals surface area contributed by atoms with Gasteiger partial charge < -0.3 is 4.74 Å². The van der Waals surface area contributed by atoms with Gasteiger partial charge in [-0.2, -0.15) is 0 Å². The molecule has 0 spiro atoms. The van der Waals surface area contributed by atoms with E-state index in [1.165, 1.54) is 0 Å². The first kappa shape index (κ1) is 12.5. The predicted octanol–water partition coefficient (Wildman–Crippen LogP) is 4.72. The van der Waals surface area contributed by atoms with Gasteiger partial charge in [-0.3, -0.25) is 0 Å². The number of nitrogens with zero attached hydrogens (tertiary/aromatic N) is 1. The first-order valence-corrected chi connectivity index (χ1v) is 5.91. The number of hydrogen-bond acceptors (Lipinski definition) is 2. The van der Waals surface area contributed by atoms with E-state index in [9.17, 15) is 0 Å². The number of aromatic nitrogens is 1. The number of methoxy groups -OCH3 is 1. The summed E-state index contributed by atoms with van der Waals surface area (Å²) in [5, 5.41) is 1.20. The molecule has 0 amide bonds. The van der Waals surface area contributed by atoms with Crippen molar-refractivity contribution in [3.8, 4) is 17.0 Å². The summed E-state index contributed by atoms with van der Waals surface area (Å²) < 4.78 is 5.06. The van der Waals surface area contributed by atoms with E-state index in [0.717, 1.165) is 11.1 Å². The molecule has 1 heterocycles. The zero-order valence-electron chi connectivity index (χ0n) is 8.88. The highest BCUT2D eigenvalue weighted by Crippen LogP contribution is 2.38. The maximum absolute atomic E-state index is 6.15. The Morgan fingerprint density at radius 1 is 1.06 bits per heavy atom. The Hall–Kier alpha value is -0.960. The van der Waals surface area contributed by atoms with Crippen molar-refractivity contribution in [2.45, 2.75) is 0 Å². The Balaban J connectivity index is 2.56. The van der Waals surface area contributed by atoms with Crippen molar-refractivity contribution in [3.63, 3.8) is 0 Å². The lowest BCUT2D eigenvalue weighted by Crippen LogP contribution is -1.88. The minimum Gasteiger partial charge on any atom is -0.481 e. The van der Waals surface area contributed by atoms with E-state index >= 15 is 0 Å². The fourth-order valence-corrected chi connectivity index (χ4v) is 2.08. The molecule has 1 aromatic carbocycles. The molecule has 0 saturated carbocycles. The molecule has 0 N–H and O–H groups in total.